The molecule has 1 aromatic rings. The molecule has 1 heterocycles. The number of nitrogens with two attached hydrogens (primary N) is 1. The van der Waals surface area contributed by atoms with Crippen molar-refractivity contribution in [3.05, 3.63) is 35.4 Å². The molecule has 5 heteroatoms. The molecule has 1 aliphatic rings. The molecule has 1 unspecified atom stereocenters. The fourth-order valence-electron chi connectivity index (χ4n) is 2.45. The molecule has 106 valence electrons. The highest BCUT2D eigenvalue weighted by Crippen LogP contribution is 2.18. The van der Waals surface area contributed by atoms with Gasteiger partial charge in [0.25, 0.3) is 0 Å². The molecule has 0 bridgehead atoms. The molecular weight excluding hydrogens is 260 g/mol. The summed E-state index contributed by atoms with van der Waals surface area (Å²) < 4.78 is 22.7. The third-order valence-corrected chi connectivity index (χ3v) is 5.39. The molecule has 0 radical (unpaired) electrons. The third-order valence-electron chi connectivity index (χ3n) is 3.78. The van der Waals surface area contributed by atoms with Gasteiger partial charge in [0.2, 0.25) is 0 Å². The average Bonchev–Trinajstić information content (AvgIpc) is 2.38. The molecular formula is C14H22N2O2S. The fourth-order valence-corrected chi connectivity index (χ4v) is 3.73. The highest BCUT2D eigenvalue weighted by Gasteiger charge is 2.21. The summed E-state index contributed by atoms with van der Waals surface area (Å²) in [5.74, 6) is 0.569. The van der Waals surface area contributed by atoms with Gasteiger partial charge in [-0.3, -0.25) is 0 Å². The van der Waals surface area contributed by atoms with Crippen LogP contribution in [0.3, 0.4) is 0 Å². The molecule has 4 nitrogen and oxygen atoms in total. The van der Waals surface area contributed by atoms with Crippen molar-refractivity contribution in [1.82, 2.24) is 4.90 Å². The number of sulfone groups is 1. The van der Waals surface area contributed by atoms with E-state index in [1.165, 1.54) is 11.1 Å². The van der Waals surface area contributed by atoms with Gasteiger partial charge in [-0.2, -0.15) is 0 Å². The number of benzene rings is 1. The van der Waals surface area contributed by atoms with E-state index in [1.807, 2.05) is 12.1 Å². The van der Waals surface area contributed by atoms with Gasteiger partial charge in [-0.15, -0.1) is 0 Å². The maximum Gasteiger partial charge on any atom is 0.152 e. The molecule has 2 rings (SSSR count). The van der Waals surface area contributed by atoms with E-state index in [0.717, 1.165) is 13.0 Å². The van der Waals surface area contributed by atoms with Crippen LogP contribution >= 0.6 is 0 Å². The summed E-state index contributed by atoms with van der Waals surface area (Å²) in [6.07, 6.45) is 0.866. The lowest BCUT2D eigenvalue weighted by molar-refractivity contribution is 0.283. The minimum Gasteiger partial charge on any atom is -0.324 e. The lowest BCUT2D eigenvalue weighted by Crippen LogP contribution is -2.41. The van der Waals surface area contributed by atoms with E-state index in [4.69, 9.17) is 5.73 Å². The highest BCUT2D eigenvalue weighted by atomic mass is 32.2. The number of nitrogens with zero attached hydrogens (tertiary/aromatic N) is 1. The summed E-state index contributed by atoms with van der Waals surface area (Å²) in [7, 11) is -2.79. The molecule has 1 fully saturated rings. The molecule has 19 heavy (non-hydrogen) atoms. The maximum absolute atomic E-state index is 11.3. The minimum absolute atomic E-state index is 0.0275. The van der Waals surface area contributed by atoms with Gasteiger partial charge in [-0.1, -0.05) is 24.3 Å². The predicted molar refractivity (Wildman–Crippen MR) is 77.8 cm³/mol. The molecule has 0 saturated carbocycles. The monoisotopic (exact) mass is 282 g/mol. The van der Waals surface area contributed by atoms with Crippen LogP contribution in [-0.4, -0.2) is 44.5 Å². The minimum atomic E-state index is -2.79. The van der Waals surface area contributed by atoms with Crippen molar-refractivity contribution in [2.45, 2.75) is 19.4 Å². The summed E-state index contributed by atoms with van der Waals surface area (Å²) in [5, 5.41) is 0. The SMILES string of the molecule is Cc1ccccc1C(N)CCN1CCS(=O)(=O)CC1. The van der Waals surface area contributed by atoms with E-state index < -0.39 is 9.84 Å². The molecule has 0 amide bonds. The first-order valence-corrected chi connectivity index (χ1v) is 8.54. The van der Waals surface area contributed by atoms with Crippen LogP contribution in [0.5, 0.6) is 0 Å². The van der Waals surface area contributed by atoms with Crippen LogP contribution in [0.4, 0.5) is 0 Å². The van der Waals surface area contributed by atoms with Crippen molar-refractivity contribution < 1.29 is 8.42 Å². The second kappa shape index (κ2) is 6.03. The van der Waals surface area contributed by atoms with Gasteiger partial charge >= 0.3 is 0 Å². The number of hydrogen-bond donors (Lipinski definition) is 1. The van der Waals surface area contributed by atoms with E-state index in [-0.39, 0.29) is 17.5 Å². The summed E-state index contributed by atoms with van der Waals surface area (Å²) in [6, 6.07) is 8.19. The second-order valence-electron chi connectivity index (χ2n) is 5.25. The molecule has 0 aliphatic carbocycles. The van der Waals surface area contributed by atoms with Crippen LogP contribution in [-0.2, 0) is 9.84 Å². The normalized spacial score (nSPS) is 21.2. The zero-order chi connectivity index (χ0) is 13.9. The van der Waals surface area contributed by atoms with Gasteiger partial charge < -0.3 is 10.6 Å². The Bertz CT molecular complexity index is 514. The molecule has 1 aromatic carbocycles. The van der Waals surface area contributed by atoms with Crippen molar-refractivity contribution in [3.63, 3.8) is 0 Å². The summed E-state index contributed by atoms with van der Waals surface area (Å²) in [4.78, 5) is 2.19. The molecule has 1 saturated heterocycles. The Kier molecular flexibility index (Phi) is 4.60. The van der Waals surface area contributed by atoms with Gasteiger partial charge in [0.05, 0.1) is 11.5 Å². The second-order valence-corrected chi connectivity index (χ2v) is 7.55. The van der Waals surface area contributed by atoms with E-state index in [0.29, 0.717) is 13.1 Å². The van der Waals surface area contributed by atoms with E-state index in [2.05, 4.69) is 24.0 Å². The van der Waals surface area contributed by atoms with Crippen LogP contribution in [0.1, 0.15) is 23.6 Å². The summed E-state index contributed by atoms with van der Waals surface area (Å²) in [5.41, 5.74) is 8.63. The van der Waals surface area contributed by atoms with Crippen molar-refractivity contribution >= 4 is 9.84 Å². The Morgan fingerprint density at radius 1 is 1.26 bits per heavy atom. The zero-order valence-electron chi connectivity index (χ0n) is 11.4. The highest BCUT2D eigenvalue weighted by molar-refractivity contribution is 7.91. The molecule has 0 spiro atoms. The van der Waals surface area contributed by atoms with Gasteiger partial charge in [0, 0.05) is 25.7 Å². The van der Waals surface area contributed by atoms with Crippen molar-refractivity contribution in [2.24, 2.45) is 5.73 Å². The number of aryl methyl sites for hydroxylation is 1. The number of hydrogen-bond acceptors (Lipinski definition) is 4. The van der Waals surface area contributed by atoms with Gasteiger partial charge in [0.1, 0.15) is 0 Å². The Labute approximate surface area is 115 Å². The molecule has 1 atom stereocenters. The Balaban J connectivity index is 1.85. The standard InChI is InChI=1S/C14H22N2O2S/c1-12-4-2-3-5-13(12)14(15)6-7-16-8-10-19(17,18)11-9-16/h2-5,14H,6-11,15H2,1H3. The van der Waals surface area contributed by atoms with E-state index in [9.17, 15) is 8.42 Å². The third kappa shape index (κ3) is 4.03. The van der Waals surface area contributed by atoms with Crippen LogP contribution in [0.15, 0.2) is 24.3 Å². The topological polar surface area (TPSA) is 63.4 Å². The first-order valence-electron chi connectivity index (χ1n) is 6.72. The first-order chi connectivity index (χ1) is 8.98. The quantitative estimate of drug-likeness (QED) is 0.899. The van der Waals surface area contributed by atoms with Gasteiger partial charge in [0.15, 0.2) is 9.84 Å². The van der Waals surface area contributed by atoms with Crippen LogP contribution in [0.25, 0.3) is 0 Å². The Morgan fingerprint density at radius 2 is 1.89 bits per heavy atom. The maximum atomic E-state index is 11.3. The Morgan fingerprint density at radius 3 is 2.53 bits per heavy atom. The van der Waals surface area contributed by atoms with E-state index in [1.54, 1.807) is 0 Å². The van der Waals surface area contributed by atoms with Crippen molar-refractivity contribution in [3.8, 4) is 0 Å². The summed E-state index contributed by atoms with van der Waals surface area (Å²) >= 11 is 0. The lowest BCUT2D eigenvalue weighted by Gasteiger charge is -2.27. The fraction of sp³-hybridized carbons (Fsp3) is 0.571. The largest absolute Gasteiger partial charge is 0.324 e. The Hall–Kier alpha value is -0.910. The smallest absolute Gasteiger partial charge is 0.152 e. The van der Waals surface area contributed by atoms with Crippen LogP contribution in [0, 0.1) is 6.92 Å². The number of rotatable bonds is 4. The van der Waals surface area contributed by atoms with Crippen molar-refractivity contribution in [1.29, 1.82) is 0 Å². The van der Waals surface area contributed by atoms with Crippen LogP contribution in [0.2, 0.25) is 0 Å². The summed E-state index contributed by atoms with van der Waals surface area (Å²) in [6.45, 7) is 4.22. The zero-order valence-corrected chi connectivity index (χ0v) is 12.2. The van der Waals surface area contributed by atoms with Gasteiger partial charge in [-0.25, -0.2) is 8.42 Å². The molecule has 1 aliphatic heterocycles. The average molecular weight is 282 g/mol. The lowest BCUT2D eigenvalue weighted by atomic mass is 9.99. The predicted octanol–water partition coefficient (Wildman–Crippen LogP) is 1.12. The van der Waals surface area contributed by atoms with Crippen LogP contribution < -0.4 is 5.73 Å². The van der Waals surface area contributed by atoms with E-state index >= 15 is 0 Å². The molecule has 0 aromatic heterocycles. The molecule has 2 N–H and O–H groups in total. The van der Waals surface area contributed by atoms with Crippen molar-refractivity contribution in [2.75, 3.05) is 31.1 Å². The van der Waals surface area contributed by atoms with Gasteiger partial charge in [-0.05, 0) is 24.5 Å². The first kappa shape index (κ1) is 14.5.